The van der Waals surface area contributed by atoms with Crippen molar-refractivity contribution in [1.82, 2.24) is 0 Å². The van der Waals surface area contributed by atoms with Crippen molar-refractivity contribution in [2.75, 3.05) is 0 Å². The molecule has 6 N–H and O–H groups in total. The molecule has 0 heterocycles. The van der Waals surface area contributed by atoms with Gasteiger partial charge in [0, 0.05) is 32.3 Å². The molecule has 0 bridgehead atoms. The second-order valence-corrected chi connectivity index (χ2v) is 14.7. The van der Waals surface area contributed by atoms with E-state index in [0.29, 0.717) is 32.3 Å². The first-order valence-corrected chi connectivity index (χ1v) is 18.7. The highest BCUT2D eigenvalue weighted by Gasteiger charge is 2.39. The van der Waals surface area contributed by atoms with Gasteiger partial charge in [0.2, 0.25) is 0 Å². The first-order valence-electron chi connectivity index (χ1n) is 18.7. The summed E-state index contributed by atoms with van der Waals surface area (Å²) in [6.07, 6.45) is 0. The van der Waals surface area contributed by atoms with Crippen LogP contribution < -0.4 is 0 Å². The summed E-state index contributed by atoms with van der Waals surface area (Å²) in [7, 11) is 0. The lowest BCUT2D eigenvalue weighted by Gasteiger charge is -2.22. The van der Waals surface area contributed by atoms with Crippen molar-refractivity contribution in [2.45, 2.75) is 0 Å². The second kappa shape index (κ2) is 13.1. The number of rotatable bonds is 8. The average molecular weight is 839 g/mol. The molecule has 10 aromatic rings. The Hall–Kier alpha value is -9.24. The van der Waals surface area contributed by atoms with Gasteiger partial charge in [-0.05, 0) is 66.0 Å². The summed E-state index contributed by atoms with van der Waals surface area (Å²) < 4.78 is 5.48. The summed E-state index contributed by atoms with van der Waals surface area (Å²) in [6.45, 7) is 0. The predicted octanol–water partition coefficient (Wildman–Crippen LogP) is 8.97. The van der Waals surface area contributed by atoms with Gasteiger partial charge in [0.25, 0.3) is 0 Å². The molecule has 0 aliphatic rings. The Balaban J connectivity index is 1.37. The molecule has 10 rings (SSSR count). The molecule has 0 radical (unpaired) electrons. The van der Waals surface area contributed by atoms with Gasteiger partial charge in [-0.25, -0.2) is 38.4 Å². The zero-order chi connectivity index (χ0) is 44.5. The fourth-order valence-electron chi connectivity index (χ4n) is 9.59. The Morgan fingerprint density at radius 2 is 0.603 bits per heavy atom. The van der Waals surface area contributed by atoms with Crippen molar-refractivity contribution in [1.29, 1.82) is 0 Å². The monoisotopic (exact) mass is 838 g/mol. The third-order valence-corrected chi connectivity index (χ3v) is 11.7. The Morgan fingerprint density at radius 3 is 0.921 bits per heavy atom. The number of fused-ring (bicyclic) bond motifs is 4. The zero-order valence-corrected chi connectivity index (χ0v) is 31.6. The van der Waals surface area contributed by atoms with Crippen LogP contribution in [0.4, 0.5) is 0 Å². The third kappa shape index (κ3) is 5.01. The first kappa shape index (κ1) is 38.0. The van der Waals surface area contributed by atoms with E-state index < -0.39 is 103 Å². The maximum atomic E-state index is 15.0. The van der Waals surface area contributed by atoms with Crippen molar-refractivity contribution in [3.63, 3.8) is 0 Å². The summed E-state index contributed by atoms with van der Waals surface area (Å²) in [4.78, 5) is 108. The Morgan fingerprint density at radius 1 is 0.286 bits per heavy atom. The third-order valence-electron chi connectivity index (χ3n) is 11.7. The molecule has 0 saturated carbocycles. The van der Waals surface area contributed by atoms with Crippen molar-refractivity contribution in [3.05, 3.63) is 142 Å². The smallest absolute Gasteiger partial charge is 0.347 e. The normalized spacial score (nSPS) is 11.7. The van der Waals surface area contributed by atoms with E-state index in [4.69, 9.17) is 4.74 Å². The fraction of sp³-hybridized carbons (Fsp3) is 0. The second-order valence-electron chi connectivity index (χ2n) is 14.7. The van der Waals surface area contributed by atoms with E-state index in [0.717, 1.165) is 12.1 Å². The quantitative estimate of drug-likeness (QED) is 0.0361. The molecule has 0 unspecified atom stereocenters. The van der Waals surface area contributed by atoms with Crippen LogP contribution in [0.15, 0.2) is 97.1 Å². The van der Waals surface area contributed by atoms with E-state index in [-0.39, 0.29) is 43.1 Å². The van der Waals surface area contributed by atoms with Crippen molar-refractivity contribution in [2.24, 2.45) is 0 Å². The number of carboxylic acids is 6. The molecule has 0 saturated heterocycles. The first-order chi connectivity index (χ1) is 30.1. The average Bonchev–Trinajstić information content (AvgIpc) is 3.25. The molecule has 63 heavy (non-hydrogen) atoms. The summed E-state index contributed by atoms with van der Waals surface area (Å²) in [6, 6.07) is 24.6. The van der Waals surface area contributed by atoms with E-state index in [9.17, 15) is 69.0 Å². The van der Waals surface area contributed by atoms with Crippen LogP contribution in [0.5, 0.6) is 0 Å². The highest BCUT2D eigenvalue weighted by Crippen LogP contribution is 2.48. The molecule has 0 spiro atoms. The van der Waals surface area contributed by atoms with Crippen LogP contribution in [0.1, 0.15) is 82.9 Å². The van der Waals surface area contributed by atoms with Crippen LogP contribution in [-0.2, 0) is 4.74 Å². The standard InChI is InChI=1S/C48H22O15/c49-41(50)25-15-13-21-19-9-1-5-17-7-3-11-23(27(17)19)31-29(21)33(25)35(43(53)54)37(45(57)58)39(31)47(61)63-48(62)40-32-24-12-4-8-18-6-2-10-20(28(18)24)22-14-16-26(42(51)52)34(30(22)32)36(44(55)56)38(40)46(59)60/h1-16H,(H,49,50)(H,51,52)(H,53,54)(H,55,56)(H,57,58)(H,59,60). The largest absolute Gasteiger partial charge is 0.478 e. The van der Waals surface area contributed by atoms with Gasteiger partial charge in [0.1, 0.15) is 0 Å². The maximum absolute atomic E-state index is 15.0. The van der Waals surface area contributed by atoms with Gasteiger partial charge in [-0.3, -0.25) is 0 Å². The van der Waals surface area contributed by atoms with E-state index in [1.807, 2.05) is 0 Å². The minimum atomic E-state index is -2.04. The van der Waals surface area contributed by atoms with Crippen LogP contribution in [0, 0.1) is 0 Å². The number of aromatic carboxylic acids is 6. The molecule has 0 aliphatic carbocycles. The van der Waals surface area contributed by atoms with Gasteiger partial charge >= 0.3 is 47.8 Å². The summed E-state index contributed by atoms with van der Waals surface area (Å²) in [5, 5.41) is 65.2. The molecule has 0 fully saturated rings. The summed E-state index contributed by atoms with van der Waals surface area (Å²) in [5.74, 6) is -14.9. The Labute approximate surface area is 348 Å². The van der Waals surface area contributed by atoms with Gasteiger partial charge in [-0.2, -0.15) is 0 Å². The fourth-order valence-corrected chi connectivity index (χ4v) is 9.59. The van der Waals surface area contributed by atoms with Crippen LogP contribution in [0.2, 0.25) is 0 Å². The van der Waals surface area contributed by atoms with E-state index in [1.165, 1.54) is 24.3 Å². The van der Waals surface area contributed by atoms with Crippen LogP contribution in [0.3, 0.4) is 0 Å². The number of benzene rings is 10. The molecule has 15 nitrogen and oxygen atoms in total. The zero-order valence-electron chi connectivity index (χ0n) is 31.6. The van der Waals surface area contributed by atoms with Gasteiger partial charge in [-0.1, -0.05) is 84.9 Å². The van der Waals surface area contributed by atoms with Crippen LogP contribution in [-0.4, -0.2) is 78.4 Å². The summed E-state index contributed by atoms with van der Waals surface area (Å²) in [5.41, 5.74) is -8.00. The minimum absolute atomic E-state index is 0.135. The van der Waals surface area contributed by atoms with Crippen molar-refractivity contribution < 1.29 is 73.7 Å². The van der Waals surface area contributed by atoms with Gasteiger partial charge in [0.05, 0.1) is 44.5 Å². The van der Waals surface area contributed by atoms with Crippen molar-refractivity contribution in [3.8, 4) is 0 Å². The SMILES string of the molecule is O=C(O)c1c(C(=O)O)c2c(C(=O)O)ccc3c4cccc5cccc(c(c1C(=O)OC(=O)c1c(C(=O)O)c(C(=O)O)c6c(C(=O)O)ccc7c8cccc9cccc(c1c67)c98)c23)c54. The number of hydrogen-bond acceptors (Lipinski definition) is 9. The topological polar surface area (TPSA) is 267 Å². The Kier molecular flexibility index (Phi) is 7.92. The van der Waals surface area contributed by atoms with Gasteiger partial charge in [-0.15, -0.1) is 0 Å². The molecule has 0 amide bonds. The highest BCUT2D eigenvalue weighted by atomic mass is 16.6. The number of hydrogen-bond donors (Lipinski definition) is 6. The van der Waals surface area contributed by atoms with Crippen LogP contribution >= 0.6 is 0 Å². The molecular formula is C48H22O15. The number of carboxylic acid groups (broad SMARTS) is 6. The highest BCUT2D eigenvalue weighted by molar-refractivity contribution is 6.43. The molecule has 10 aromatic carbocycles. The lowest BCUT2D eigenvalue weighted by molar-refractivity contribution is 0.0389. The minimum Gasteiger partial charge on any atom is -0.478 e. The predicted molar refractivity (Wildman–Crippen MR) is 227 cm³/mol. The summed E-state index contributed by atoms with van der Waals surface area (Å²) >= 11 is 0. The lowest BCUT2D eigenvalue weighted by Crippen LogP contribution is -2.23. The van der Waals surface area contributed by atoms with E-state index in [2.05, 4.69) is 0 Å². The lowest BCUT2D eigenvalue weighted by atomic mass is 9.81. The molecule has 0 aliphatic heterocycles. The molecule has 0 atom stereocenters. The molecule has 15 heteroatoms. The van der Waals surface area contributed by atoms with Gasteiger partial charge in [0.15, 0.2) is 0 Å². The number of ether oxygens (including phenoxy) is 1. The maximum Gasteiger partial charge on any atom is 0.347 e. The Bertz CT molecular complexity index is 3620. The van der Waals surface area contributed by atoms with Crippen LogP contribution in [0.25, 0.3) is 86.2 Å². The molecule has 304 valence electrons. The molecule has 0 aromatic heterocycles. The van der Waals surface area contributed by atoms with Gasteiger partial charge < -0.3 is 35.4 Å². The number of esters is 2. The number of carbonyl (C=O) groups excluding carboxylic acids is 2. The van der Waals surface area contributed by atoms with E-state index in [1.54, 1.807) is 60.7 Å². The van der Waals surface area contributed by atoms with Crippen molar-refractivity contribution >= 4 is 134 Å². The number of carbonyl (C=O) groups is 8. The molecular weight excluding hydrogens is 817 g/mol. The van der Waals surface area contributed by atoms with E-state index >= 15 is 0 Å².